The van der Waals surface area contributed by atoms with Gasteiger partial charge in [0.25, 0.3) is 0 Å². The molecular weight excluding hydrogens is 375 g/mol. The normalized spacial score (nSPS) is 16.0. The van der Waals surface area contributed by atoms with Crippen molar-refractivity contribution in [2.75, 3.05) is 23.3 Å². The summed E-state index contributed by atoms with van der Waals surface area (Å²) < 4.78 is 40.3. The van der Waals surface area contributed by atoms with Crippen LogP contribution in [0.4, 0.5) is 24.0 Å². The molecule has 4 rings (SSSR count). The van der Waals surface area contributed by atoms with E-state index in [1.165, 1.54) is 23.5 Å². The molecule has 1 aliphatic rings. The number of alkyl halides is 3. The Balaban J connectivity index is 1.43. The Kier molecular flexibility index (Phi) is 4.59. The topological polar surface area (TPSA) is 48.4 Å². The second-order valence-electron chi connectivity index (χ2n) is 6.60. The summed E-state index contributed by atoms with van der Waals surface area (Å²) in [6.45, 7) is 1.44. The molecule has 0 spiro atoms. The molecule has 27 heavy (non-hydrogen) atoms. The van der Waals surface area contributed by atoms with E-state index in [4.69, 9.17) is 0 Å². The van der Waals surface area contributed by atoms with Crippen LogP contribution in [0.3, 0.4) is 0 Å². The molecule has 0 saturated carbocycles. The maximum Gasteiger partial charge on any atom is 0.418 e. The molecule has 1 aliphatic heterocycles. The summed E-state index contributed by atoms with van der Waals surface area (Å²) in [5, 5.41) is 13.5. The highest BCUT2D eigenvalue weighted by atomic mass is 32.1. The summed E-state index contributed by atoms with van der Waals surface area (Å²) in [7, 11) is 0. The molecule has 2 heterocycles. The molecular formula is C19H18F3N3OS. The number of rotatable bonds is 3. The summed E-state index contributed by atoms with van der Waals surface area (Å²) in [5.41, 5.74) is 0.351. The number of aromatic hydroxyl groups is 1. The second-order valence-corrected chi connectivity index (χ2v) is 7.61. The molecule has 2 N–H and O–H groups in total. The Morgan fingerprint density at radius 1 is 1.11 bits per heavy atom. The summed E-state index contributed by atoms with van der Waals surface area (Å²) >= 11 is 1.51. The van der Waals surface area contributed by atoms with Crippen LogP contribution in [0, 0.1) is 0 Å². The molecule has 0 aliphatic carbocycles. The van der Waals surface area contributed by atoms with Gasteiger partial charge in [0.05, 0.1) is 15.8 Å². The molecule has 0 atom stereocenters. The number of thiazole rings is 1. The van der Waals surface area contributed by atoms with E-state index < -0.39 is 11.7 Å². The van der Waals surface area contributed by atoms with Crippen molar-refractivity contribution in [1.82, 2.24) is 4.98 Å². The number of hydrogen-bond acceptors (Lipinski definition) is 5. The minimum absolute atomic E-state index is 0.0110. The van der Waals surface area contributed by atoms with Crippen LogP contribution in [-0.2, 0) is 6.18 Å². The Bertz CT molecular complexity index is 949. The first-order valence-electron chi connectivity index (χ1n) is 8.67. The fourth-order valence-corrected chi connectivity index (χ4v) is 4.38. The number of benzene rings is 2. The first-order valence-corrected chi connectivity index (χ1v) is 9.49. The van der Waals surface area contributed by atoms with Gasteiger partial charge in [-0.15, -0.1) is 0 Å². The highest BCUT2D eigenvalue weighted by Crippen LogP contribution is 2.36. The predicted octanol–water partition coefficient (Wildman–Crippen LogP) is 5.10. The lowest BCUT2D eigenvalue weighted by Gasteiger charge is -2.33. The summed E-state index contributed by atoms with van der Waals surface area (Å²) in [5.74, 6) is 0.212. The zero-order valence-electron chi connectivity index (χ0n) is 14.3. The van der Waals surface area contributed by atoms with Crippen LogP contribution in [-0.4, -0.2) is 29.2 Å². The molecule has 142 valence electrons. The quantitative estimate of drug-likeness (QED) is 0.650. The first kappa shape index (κ1) is 17.9. The van der Waals surface area contributed by atoms with Gasteiger partial charge in [0.1, 0.15) is 5.75 Å². The number of halogens is 3. The largest absolute Gasteiger partial charge is 0.508 e. The van der Waals surface area contributed by atoms with Gasteiger partial charge >= 0.3 is 6.18 Å². The molecule has 1 fully saturated rings. The highest BCUT2D eigenvalue weighted by Gasteiger charge is 2.34. The minimum atomic E-state index is -4.36. The van der Waals surface area contributed by atoms with E-state index in [1.54, 1.807) is 24.3 Å². The van der Waals surface area contributed by atoms with E-state index in [0.717, 1.165) is 47.3 Å². The van der Waals surface area contributed by atoms with E-state index in [9.17, 15) is 18.3 Å². The highest BCUT2D eigenvalue weighted by molar-refractivity contribution is 7.22. The van der Waals surface area contributed by atoms with Crippen LogP contribution in [0.1, 0.15) is 18.4 Å². The summed E-state index contributed by atoms with van der Waals surface area (Å²) in [6.07, 6.45) is -2.91. The van der Waals surface area contributed by atoms with Gasteiger partial charge in [-0.25, -0.2) is 4.98 Å². The van der Waals surface area contributed by atoms with E-state index >= 15 is 0 Å². The molecule has 3 aromatic rings. The molecule has 4 nitrogen and oxygen atoms in total. The van der Waals surface area contributed by atoms with Crippen molar-refractivity contribution in [3.63, 3.8) is 0 Å². The van der Waals surface area contributed by atoms with Crippen molar-refractivity contribution in [3.05, 3.63) is 48.0 Å². The van der Waals surface area contributed by atoms with E-state index in [-0.39, 0.29) is 17.5 Å². The van der Waals surface area contributed by atoms with Gasteiger partial charge in [-0.1, -0.05) is 23.5 Å². The fourth-order valence-electron chi connectivity index (χ4n) is 3.33. The van der Waals surface area contributed by atoms with Crippen molar-refractivity contribution in [1.29, 1.82) is 0 Å². The van der Waals surface area contributed by atoms with Crippen molar-refractivity contribution in [3.8, 4) is 5.75 Å². The molecule has 0 amide bonds. The van der Waals surface area contributed by atoms with Crippen LogP contribution < -0.4 is 10.2 Å². The van der Waals surface area contributed by atoms with Crippen molar-refractivity contribution < 1.29 is 18.3 Å². The SMILES string of the molecule is Oc1ccc2nc(N3CCC(Nc4ccccc4C(F)(F)F)CC3)sc2c1. The van der Waals surface area contributed by atoms with Crippen LogP contribution >= 0.6 is 11.3 Å². The number of fused-ring (bicyclic) bond motifs is 1. The van der Waals surface area contributed by atoms with Crippen LogP contribution in [0.25, 0.3) is 10.2 Å². The number of piperidine rings is 1. The molecule has 1 aromatic heterocycles. The van der Waals surface area contributed by atoms with Crippen LogP contribution in [0.15, 0.2) is 42.5 Å². The number of phenols is 1. The molecule has 1 saturated heterocycles. The second kappa shape index (κ2) is 6.92. The summed E-state index contributed by atoms with van der Waals surface area (Å²) in [6, 6.07) is 10.7. The Morgan fingerprint density at radius 2 is 1.85 bits per heavy atom. The Hall–Kier alpha value is -2.48. The van der Waals surface area contributed by atoms with Crippen molar-refractivity contribution in [2.24, 2.45) is 0 Å². The molecule has 0 bridgehead atoms. The molecule has 0 radical (unpaired) electrons. The number of nitrogens with zero attached hydrogens (tertiary/aromatic N) is 2. The average Bonchev–Trinajstić information content (AvgIpc) is 3.05. The number of anilines is 2. The third-order valence-electron chi connectivity index (χ3n) is 4.72. The Labute approximate surface area is 158 Å². The van der Waals surface area contributed by atoms with Gasteiger partial charge in [-0.05, 0) is 43.2 Å². The van der Waals surface area contributed by atoms with Gasteiger partial charge in [0.2, 0.25) is 0 Å². The van der Waals surface area contributed by atoms with Gasteiger partial charge in [0, 0.05) is 24.8 Å². The number of nitrogens with one attached hydrogen (secondary N) is 1. The lowest BCUT2D eigenvalue weighted by Crippen LogP contribution is -2.39. The van der Waals surface area contributed by atoms with Gasteiger partial charge in [-0.2, -0.15) is 13.2 Å². The van der Waals surface area contributed by atoms with Crippen LogP contribution in [0.2, 0.25) is 0 Å². The zero-order valence-corrected chi connectivity index (χ0v) is 15.1. The van der Waals surface area contributed by atoms with Crippen molar-refractivity contribution >= 4 is 32.4 Å². The minimum Gasteiger partial charge on any atom is -0.508 e. The van der Waals surface area contributed by atoms with Gasteiger partial charge in [-0.3, -0.25) is 0 Å². The lowest BCUT2D eigenvalue weighted by molar-refractivity contribution is -0.137. The fraction of sp³-hybridized carbons (Fsp3) is 0.316. The predicted molar refractivity (Wildman–Crippen MR) is 102 cm³/mol. The number of hydrogen-bond donors (Lipinski definition) is 2. The standard InChI is InChI=1S/C19H18F3N3OS/c20-19(21,22)14-3-1-2-4-15(14)23-12-7-9-25(10-8-12)18-24-16-6-5-13(26)11-17(16)27-18/h1-6,11-12,23,26H,7-10H2. The molecule has 0 unspecified atom stereocenters. The zero-order chi connectivity index (χ0) is 19.0. The summed E-state index contributed by atoms with van der Waals surface area (Å²) in [4.78, 5) is 6.75. The van der Waals surface area contributed by atoms with E-state index in [2.05, 4.69) is 15.2 Å². The maximum absolute atomic E-state index is 13.1. The third-order valence-corrected chi connectivity index (χ3v) is 5.80. The number of aromatic nitrogens is 1. The average molecular weight is 393 g/mol. The molecule has 2 aromatic carbocycles. The third kappa shape index (κ3) is 3.80. The smallest absolute Gasteiger partial charge is 0.418 e. The molecule has 8 heteroatoms. The number of para-hydroxylation sites is 1. The lowest BCUT2D eigenvalue weighted by atomic mass is 10.0. The first-order chi connectivity index (χ1) is 12.9. The van der Waals surface area contributed by atoms with E-state index in [0.29, 0.717) is 0 Å². The maximum atomic E-state index is 13.1. The van der Waals surface area contributed by atoms with Crippen LogP contribution in [0.5, 0.6) is 5.75 Å². The Morgan fingerprint density at radius 3 is 2.59 bits per heavy atom. The number of phenolic OH excluding ortho intramolecular Hbond substituents is 1. The van der Waals surface area contributed by atoms with E-state index in [1.807, 2.05) is 0 Å². The van der Waals surface area contributed by atoms with Gasteiger partial charge in [0.15, 0.2) is 5.13 Å². The van der Waals surface area contributed by atoms with Gasteiger partial charge < -0.3 is 15.3 Å². The monoisotopic (exact) mass is 393 g/mol. The van der Waals surface area contributed by atoms with Crippen molar-refractivity contribution in [2.45, 2.75) is 25.1 Å².